The maximum absolute atomic E-state index is 11.2. The fourth-order valence-corrected chi connectivity index (χ4v) is 0.731. The molecule has 0 rings (SSSR count). The Hall–Kier alpha value is 0.147. The van der Waals surface area contributed by atoms with Gasteiger partial charge in [-0.2, -0.15) is 0 Å². The zero-order valence-electron chi connectivity index (χ0n) is 4.00. The third-order valence-electron chi connectivity index (χ3n) is 0.625. The number of hydrogen-bond donors (Lipinski definition) is 0. The summed E-state index contributed by atoms with van der Waals surface area (Å²) in [4.78, 5) is 0. The van der Waals surface area contributed by atoms with E-state index in [1.807, 2.05) is 0 Å². The van der Waals surface area contributed by atoms with E-state index >= 15 is 0 Å². The highest BCUT2D eigenvalue weighted by atomic mass is 28.3. The molecule has 0 atom stereocenters. The molecule has 0 aliphatic heterocycles. The standard InChI is InChI=1S/C4H9FSi/c1-2-3-4-6-5/h2-4H2,1H3. The van der Waals surface area contributed by atoms with E-state index in [4.69, 9.17) is 0 Å². The Kier molecular flexibility index (Phi) is 5.27. The number of rotatable bonds is 3. The molecule has 0 spiro atoms. The van der Waals surface area contributed by atoms with Gasteiger partial charge in [-0.1, -0.05) is 19.8 Å². The van der Waals surface area contributed by atoms with Crippen LogP contribution in [0.3, 0.4) is 0 Å². The number of unbranched alkanes of at least 4 members (excludes halogenated alkanes) is 1. The molecule has 0 aromatic rings. The van der Waals surface area contributed by atoms with Crippen LogP contribution in [-0.2, 0) is 0 Å². The fourth-order valence-electron chi connectivity index (χ4n) is 0.244. The highest BCUT2D eigenvalue weighted by Crippen LogP contribution is 1.91. The third kappa shape index (κ3) is 4.15. The molecule has 0 saturated carbocycles. The van der Waals surface area contributed by atoms with E-state index < -0.39 is 0 Å². The van der Waals surface area contributed by atoms with E-state index in [9.17, 15) is 4.11 Å². The molecule has 6 heavy (non-hydrogen) atoms. The molecule has 0 heterocycles. The van der Waals surface area contributed by atoms with Crippen molar-refractivity contribution in [2.75, 3.05) is 0 Å². The van der Waals surface area contributed by atoms with Crippen LogP contribution in [0.4, 0.5) is 4.11 Å². The van der Waals surface area contributed by atoms with E-state index in [2.05, 4.69) is 6.92 Å². The SMILES string of the molecule is CCCC[Si]F. The Morgan fingerprint density at radius 1 is 1.67 bits per heavy atom. The Bertz CT molecular complexity index is 19.5. The molecule has 0 aromatic heterocycles. The van der Waals surface area contributed by atoms with E-state index in [0.717, 1.165) is 18.9 Å². The van der Waals surface area contributed by atoms with Crippen molar-refractivity contribution in [2.24, 2.45) is 0 Å². The third-order valence-corrected chi connectivity index (χ3v) is 1.17. The van der Waals surface area contributed by atoms with Crippen molar-refractivity contribution in [2.45, 2.75) is 25.8 Å². The first kappa shape index (κ1) is 6.15. The minimum Gasteiger partial charge on any atom is -0.315 e. The van der Waals surface area contributed by atoms with Gasteiger partial charge >= 0.3 is 0 Å². The predicted octanol–water partition coefficient (Wildman–Crippen LogP) is 1.79. The molecular formula is C4H9FSi. The van der Waals surface area contributed by atoms with Crippen LogP contribution in [0.5, 0.6) is 0 Å². The summed E-state index contributed by atoms with van der Waals surface area (Å²) >= 11 is 0. The largest absolute Gasteiger partial charge is 0.315 e. The first-order valence-corrected chi connectivity index (χ1v) is 3.33. The van der Waals surface area contributed by atoms with E-state index in [-0.39, 0.29) is 9.85 Å². The minimum atomic E-state index is -0.335. The van der Waals surface area contributed by atoms with Gasteiger partial charge in [-0.15, -0.1) is 0 Å². The summed E-state index contributed by atoms with van der Waals surface area (Å²) in [5.74, 6) is 0. The van der Waals surface area contributed by atoms with Gasteiger partial charge in [-0.3, -0.25) is 0 Å². The first-order valence-electron chi connectivity index (χ1n) is 2.25. The molecule has 2 heteroatoms. The topological polar surface area (TPSA) is 0 Å². The number of hydrogen-bond acceptors (Lipinski definition) is 0. The molecule has 0 nitrogen and oxygen atoms in total. The van der Waals surface area contributed by atoms with Gasteiger partial charge in [-0.25, -0.2) is 0 Å². The maximum Gasteiger partial charge on any atom is 0.294 e. The lowest BCUT2D eigenvalue weighted by molar-refractivity contribution is 0.808. The molecule has 0 fully saturated rings. The lowest BCUT2D eigenvalue weighted by Gasteiger charge is -1.81. The van der Waals surface area contributed by atoms with Crippen LogP contribution in [-0.4, -0.2) is 9.85 Å². The summed E-state index contributed by atoms with van der Waals surface area (Å²) in [5, 5.41) is 0. The molecule has 0 aromatic carbocycles. The van der Waals surface area contributed by atoms with Gasteiger partial charge in [0.1, 0.15) is 0 Å². The van der Waals surface area contributed by atoms with Crippen molar-refractivity contribution in [1.29, 1.82) is 0 Å². The monoisotopic (exact) mass is 104 g/mol. The Morgan fingerprint density at radius 3 is 2.50 bits per heavy atom. The quantitative estimate of drug-likeness (QED) is 0.291. The zero-order chi connectivity index (χ0) is 4.83. The molecule has 0 aliphatic carbocycles. The van der Waals surface area contributed by atoms with Crippen LogP contribution >= 0.6 is 0 Å². The Balaban J connectivity index is 2.34. The second-order valence-electron chi connectivity index (χ2n) is 1.24. The summed E-state index contributed by atoms with van der Waals surface area (Å²) in [5.41, 5.74) is 0. The summed E-state index contributed by atoms with van der Waals surface area (Å²) in [6.45, 7) is 2.07. The van der Waals surface area contributed by atoms with Crippen LogP contribution in [0, 0.1) is 0 Å². The van der Waals surface area contributed by atoms with E-state index in [0.29, 0.717) is 0 Å². The van der Waals surface area contributed by atoms with Gasteiger partial charge < -0.3 is 4.11 Å². The molecule has 2 radical (unpaired) electrons. The van der Waals surface area contributed by atoms with Crippen molar-refractivity contribution in [1.82, 2.24) is 0 Å². The van der Waals surface area contributed by atoms with Crippen molar-refractivity contribution in [3.8, 4) is 0 Å². The van der Waals surface area contributed by atoms with E-state index in [1.165, 1.54) is 0 Å². The average molecular weight is 104 g/mol. The lowest BCUT2D eigenvalue weighted by atomic mass is 10.4. The van der Waals surface area contributed by atoms with Gasteiger partial charge in [0.2, 0.25) is 0 Å². The zero-order valence-corrected chi connectivity index (χ0v) is 5.00. The van der Waals surface area contributed by atoms with Crippen molar-refractivity contribution in [3.63, 3.8) is 0 Å². The molecule has 0 saturated heterocycles. The van der Waals surface area contributed by atoms with Crippen LogP contribution < -0.4 is 0 Å². The van der Waals surface area contributed by atoms with Crippen molar-refractivity contribution >= 4 is 9.85 Å². The summed E-state index contributed by atoms with van der Waals surface area (Å²) in [6.07, 6.45) is 2.17. The summed E-state index contributed by atoms with van der Waals surface area (Å²) in [6, 6.07) is 0.774. The second-order valence-corrected chi connectivity index (χ2v) is 2.00. The second kappa shape index (κ2) is 5.15. The molecule has 0 unspecified atom stereocenters. The molecular weight excluding hydrogens is 95.1 g/mol. The average Bonchev–Trinajstić information content (AvgIpc) is 1.61. The molecule has 0 amide bonds. The fraction of sp³-hybridized carbons (Fsp3) is 1.00. The highest BCUT2D eigenvalue weighted by Gasteiger charge is 1.82. The normalized spacial score (nSPS) is 9.00. The van der Waals surface area contributed by atoms with Crippen LogP contribution in [0.1, 0.15) is 19.8 Å². The van der Waals surface area contributed by atoms with Crippen molar-refractivity contribution < 1.29 is 4.11 Å². The number of halogens is 1. The predicted molar refractivity (Wildman–Crippen MR) is 26.6 cm³/mol. The maximum atomic E-state index is 11.2. The lowest BCUT2D eigenvalue weighted by Crippen LogP contribution is -1.75. The minimum absolute atomic E-state index is 0.335. The summed E-state index contributed by atoms with van der Waals surface area (Å²) < 4.78 is 11.2. The van der Waals surface area contributed by atoms with Gasteiger partial charge in [-0.05, 0) is 6.04 Å². The van der Waals surface area contributed by atoms with Crippen LogP contribution in [0.15, 0.2) is 0 Å². The first-order chi connectivity index (χ1) is 2.91. The molecule has 0 N–H and O–H groups in total. The highest BCUT2D eigenvalue weighted by molar-refractivity contribution is 6.25. The van der Waals surface area contributed by atoms with Gasteiger partial charge in [0, 0.05) is 0 Å². The summed E-state index contributed by atoms with van der Waals surface area (Å²) in [7, 11) is -0.335. The molecule has 0 aliphatic rings. The van der Waals surface area contributed by atoms with Crippen molar-refractivity contribution in [3.05, 3.63) is 0 Å². The van der Waals surface area contributed by atoms with E-state index in [1.54, 1.807) is 0 Å². The van der Waals surface area contributed by atoms with Crippen LogP contribution in [0.25, 0.3) is 0 Å². The van der Waals surface area contributed by atoms with Gasteiger partial charge in [0.25, 0.3) is 9.85 Å². The molecule has 36 valence electrons. The smallest absolute Gasteiger partial charge is 0.294 e. The van der Waals surface area contributed by atoms with Crippen LogP contribution in [0.2, 0.25) is 6.04 Å². The Labute approximate surface area is 40.7 Å². The molecule has 0 bridgehead atoms. The van der Waals surface area contributed by atoms with Gasteiger partial charge in [0.05, 0.1) is 0 Å². The Morgan fingerprint density at radius 2 is 2.33 bits per heavy atom. The van der Waals surface area contributed by atoms with Gasteiger partial charge in [0.15, 0.2) is 0 Å².